The van der Waals surface area contributed by atoms with Gasteiger partial charge in [0.1, 0.15) is 5.82 Å². The molecule has 1 N–H and O–H groups in total. The van der Waals surface area contributed by atoms with Crippen molar-refractivity contribution in [3.8, 4) is 0 Å². The quantitative estimate of drug-likeness (QED) is 0.835. The SMILES string of the molecule is CCCN(Cc1ccnc(C)n1)C1CCNC1. The van der Waals surface area contributed by atoms with Gasteiger partial charge in [-0.05, 0) is 38.9 Å². The zero-order valence-electron chi connectivity index (χ0n) is 10.8. The van der Waals surface area contributed by atoms with Crippen molar-refractivity contribution < 1.29 is 0 Å². The van der Waals surface area contributed by atoms with Crippen molar-refractivity contribution in [1.82, 2.24) is 20.2 Å². The molecule has 0 bridgehead atoms. The van der Waals surface area contributed by atoms with E-state index in [0.717, 1.165) is 37.7 Å². The summed E-state index contributed by atoms with van der Waals surface area (Å²) in [5, 5.41) is 3.43. The molecule has 1 aromatic rings. The number of aryl methyl sites for hydroxylation is 1. The van der Waals surface area contributed by atoms with Crippen LogP contribution < -0.4 is 5.32 Å². The molecule has 2 heterocycles. The Kier molecular flexibility index (Phi) is 4.45. The van der Waals surface area contributed by atoms with Crippen molar-refractivity contribution in [1.29, 1.82) is 0 Å². The first-order valence-electron chi connectivity index (χ1n) is 6.53. The molecular formula is C13H22N4. The molecule has 0 aromatic carbocycles. The predicted molar refractivity (Wildman–Crippen MR) is 68.7 cm³/mol. The lowest BCUT2D eigenvalue weighted by molar-refractivity contribution is 0.197. The first-order valence-corrected chi connectivity index (χ1v) is 6.53. The van der Waals surface area contributed by atoms with E-state index in [4.69, 9.17) is 0 Å². The fourth-order valence-corrected chi connectivity index (χ4v) is 2.43. The van der Waals surface area contributed by atoms with Crippen LogP contribution in [0.25, 0.3) is 0 Å². The Labute approximate surface area is 103 Å². The minimum atomic E-state index is 0.672. The Balaban J connectivity index is 2.01. The van der Waals surface area contributed by atoms with Gasteiger partial charge in [-0.1, -0.05) is 6.92 Å². The second kappa shape index (κ2) is 6.07. The lowest BCUT2D eigenvalue weighted by Crippen LogP contribution is -2.37. The molecule has 0 spiro atoms. The van der Waals surface area contributed by atoms with Crippen molar-refractivity contribution in [3.63, 3.8) is 0 Å². The van der Waals surface area contributed by atoms with Crippen LogP contribution in [0, 0.1) is 6.92 Å². The smallest absolute Gasteiger partial charge is 0.125 e. The van der Waals surface area contributed by atoms with Crippen LogP contribution in [-0.4, -0.2) is 40.5 Å². The summed E-state index contributed by atoms with van der Waals surface area (Å²) in [4.78, 5) is 11.2. The van der Waals surface area contributed by atoms with E-state index in [2.05, 4.69) is 27.1 Å². The molecule has 1 saturated heterocycles. The zero-order chi connectivity index (χ0) is 12.1. The topological polar surface area (TPSA) is 41.1 Å². The Bertz CT molecular complexity index is 347. The lowest BCUT2D eigenvalue weighted by atomic mass is 10.2. The van der Waals surface area contributed by atoms with Crippen LogP contribution in [0.3, 0.4) is 0 Å². The van der Waals surface area contributed by atoms with Gasteiger partial charge >= 0.3 is 0 Å². The van der Waals surface area contributed by atoms with Gasteiger partial charge in [0.05, 0.1) is 5.69 Å². The molecule has 17 heavy (non-hydrogen) atoms. The largest absolute Gasteiger partial charge is 0.315 e. The number of rotatable bonds is 5. The molecule has 0 saturated carbocycles. The van der Waals surface area contributed by atoms with Crippen LogP contribution in [0.1, 0.15) is 31.3 Å². The van der Waals surface area contributed by atoms with Crippen molar-refractivity contribution in [2.75, 3.05) is 19.6 Å². The first kappa shape index (κ1) is 12.5. The van der Waals surface area contributed by atoms with Crippen molar-refractivity contribution in [3.05, 3.63) is 23.8 Å². The summed E-state index contributed by atoms with van der Waals surface area (Å²) in [6, 6.07) is 2.70. The molecule has 1 unspecified atom stereocenters. The zero-order valence-corrected chi connectivity index (χ0v) is 10.8. The van der Waals surface area contributed by atoms with E-state index >= 15 is 0 Å². The highest BCUT2D eigenvalue weighted by Crippen LogP contribution is 2.12. The van der Waals surface area contributed by atoms with E-state index in [9.17, 15) is 0 Å². The highest BCUT2D eigenvalue weighted by molar-refractivity contribution is 5.02. The third kappa shape index (κ3) is 3.48. The Morgan fingerprint density at radius 1 is 1.53 bits per heavy atom. The van der Waals surface area contributed by atoms with Gasteiger partial charge in [0.2, 0.25) is 0 Å². The molecule has 4 heteroatoms. The third-order valence-corrected chi connectivity index (χ3v) is 3.26. The van der Waals surface area contributed by atoms with Crippen LogP contribution in [0.4, 0.5) is 0 Å². The van der Waals surface area contributed by atoms with E-state index in [1.807, 2.05) is 19.2 Å². The Morgan fingerprint density at radius 2 is 2.41 bits per heavy atom. The fourth-order valence-electron chi connectivity index (χ4n) is 2.43. The Hall–Kier alpha value is -1.00. The number of nitrogens with one attached hydrogen (secondary N) is 1. The van der Waals surface area contributed by atoms with E-state index in [1.165, 1.54) is 12.8 Å². The van der Waals surface area contributed by atoms with Gasteiger partial charge in [0.15, 0.2) is 0 Å². The molecule has 0 radical (unpaired) electrons. The molecule has 1 aromatic heterocycles. The minimum absolute atomic E-state index is 0.672. The van der Waals surface area contributed by atoms with Gasteiger partial charge < -0.3 is 5.32 Å². The van der Waals surface area contributed by atoms with Crippen LogP contribution in [0.5, 0.6) is 0 Å². The summed E-state index contributed by atoms with van der Waals surface area (Å²) in [6.45, 7) is 8.54. The van der Waals surface area contributed by atoms with Gasteiger partial charge in [-0.15, -0.1) is 0 Å². The molecule has 4 nitrogen and oxygen atoms in total. The van der Waals surface area contributed by atoms with Gasteiger partial charge in [0.25, 0.3) is 0 Å². The molecule has 1 aliphatic rings. The van der Waals surface area contributed by atoms with Crippen LogP contribution >= 0.6 is 0 Å². The van der Waals surface area contributed by atoms with Crippen molar-refractivity contribution >= 4 is 0 Å². The summed E-state index contributed by atoms with van der Waals surface area (Å²) < 4.78 is 0. The summed E-state index contributed by atoms with van der Waals surface area (Å²) in [6.07, 6.45) is 4.30. The van der Waals surface area contributed by atoms with E-state index in [-0.39, 0.29) is 0 Å². The Morgan fingerprint density at radius 3 is 3.06 bits per heavy atom. The molecule has 94 valence electrons. The highest BCUT2D eigenvalue weighted by Gasteiger charge is 2.21. The molecule has 2 rings (SSSR count). The maximum Gasteiger partial charge on any atom is 0.125 e. The minimum Gasteiger partial charge on any atom is -0.315 e. The average Bonchev–Trinajstić information content (AvgIpc) is 2.82. The summed E-state index contributed by atoms with van der Waals surface area (Å²) in [5.41, 5.74) is 1.14. The molecule has 1 aliphatic heterocycles. The van der Waals surface area contributed by atoms with Crippen LogP contribution in [0.15, 0.2) is 12.3 Å². The lowest BCUT2D eigenvalue weighted by Gasteiger charge is -2.27. The second-order valence-corrected chi connectivity index (χ2v) is 4.71. The maximum atomic E-state index is 4.49. The predicted octanol–water partition coefficient (Wildman–Crippen LogP) is 1.36. The standard InChI is InChI=1S/C13H22N4/c1-3-8-17(13-5-6-14-9-13)10-12-4-7-15-11(2)16-12/h4,7,13-14H,3,5-6,8-10H2,1-2H3. The molecule has 1 fully saturated rings. The van der Waals surface area contributed by atoms with Gasteiger partial charge in [-0.3, -0.25) is 4.90 Å². The second-order valence-electron chi connectivity index (χ2n) is 4.71. The molecule has 0 aliphatic carbocycles. The van der Waals surface area contributed by atoms with Gasteiger partial charge in [-0.25, -0.2) is 9.97 Å². The summed E-state index contributed by atoms with van der Waals surface area (Å²) in [5.74, 6) is 0.864. The average molecular weight is 234 g/mol. The number of hydrogen-bond donors (Lipinski definition) is 1. The van der Waals surface area contributed by atoms with Crippen molar-refractivity contribution in [2.24, 2.45) is 0 Å². The summed E-state index contributed by atoms with van der Waals surface area (Å²) >= 11 is 0. The molecular weight excluding hydrogens is 212 g/mol. The third-order valence-electron chi connectivity index (χ3n) is 3.26. The number of hydrogen-bond acceptors (Lipinski definition) is 4. The normalized spacial score (nSPS) is 20.1. The number of nitrogens with zero attached hydrogens (tertiary/aromatic N) is 3. The van der Waals surface area contributed by atoms with E-state index in [1.54, 1.807) is 0 Å². The van der Waals surface area contributed by atoms with Gasteiger partial charge in [0, 0.05) is 25.3 Å². The highest BCUT2D eigenvalue weighted by atomic mass is 15.2. The monoisotopic (exact) mass is 234 g/mol. The first-order chi connectivity index (χ1) is 8.29. The maximum absolute atomic E-state index is 4.49. The molecule has 0 amide bonds. The fraction of sp³-hybridized carbons (Fsp3) is 0.692. The molecule has 1 atom stereocenters. The van der Waals surface area contributed by atoms with Crippen LogP contribution in [-0.2, 0) is 6.54 Å². The van der Waals surface area contributed by atoms with E-state index < -0.39 is 0 Å². The van der Waals surface area contributed by atoms with Crippen molar-refractivity contribution in [2.45, 2.75) is 39.3 Å². The van der Waals surface area contributed by atoms with Gasteiger partial charge in [-0.2, -0.15) is 0 Å². The number of aromatic nitrogens is 2. The van der Waals surface area contributed by atoms with E-state index in [0.29, 0.717) is 6.04 Å². The summed E-state index contributed by atoms with van der Waals surface area (Å²) in [7, 11) is 0. The van der Waals surface area contributed by atoms with Crippen LogP contribution in [0.2, 0.25) is 0 Å².